The molecule has 1 heterocycles. The van der Waals surface area contributed by atoms with Gasteiger partial charge in [-0.2, -0.15) is 10.4 Å². The quantitative estimate of drug-likeness (QED) is 0.770. The molecular formula is C14H9ClN4O2S. The number of anilines is 1. The average Bonchev–Trinajstić information content (AvgIpc) is 2.96. The fourth-order valence-corrected chi connectivity index (χ4v) is 3.63. The zero-order valence-electron chi connectivity index (χ0n) is 11.0. The largest absolute Gasteiger partial charge is 0.279 e. The average molecular weight is 333 g/mol. The van der Waals surface area contributed by atoms with Gasteiger partial charge < -0.3 is 0 Å². The summed E-state index contributed by atoms with van der Waals surface area (Å²) >= 11 is 5.89. The lowest BCUT2D eigenvalue weighted by Gasteiger charge is -2.10. The van der Waals surface area contributed by atoms with E-state index in [1.165, 1.54) is 24.4 Å². The minimum Gasteiger partial charge on any atom is -0.279 e. The number of hydrogen-bond donors (Lipinski definition) is 2. The van der Waals surface area contributed by atoms with Crippen LogP contribution in [0.1, 0.15) is 5.56 Å². The topological polar surface area (TPSA) is 98.6 Å². The fraction of sp³-hybridized carbons (Fsp3) is 0. The molecule has 2 aromatic carbocycles. The number of nitriles is 1. The Hall–Kier alpha value is -2.56. The first-order valence-corrected chi connectivity index (χ1v) is 8.02. The van der Waals surface area contributed by atoms with E-state index in [4.69, 9.17) is 16.9 Å². The van der Waals surface area contributed by atoms with Crippen molar-refractivity contribution >= 4 is 38.2 Å². The van der Waals surface area contributed by atoms with Gasteiger partial charge in [0.25, 0.3) is 10.0 Å². The number of aromatic nitrogens is 2. The summed E-state index contributed by atoms with van der Waals surface area (Å²) in [5.74, 6) is 0. The number of H-pyrrole nitrogens is 1. The second-order valence-corrected chi connectivity index (χ2v) is 6.53. The predicted octanol–water partition coefficient (Wildman–Crippen LogP) is 2.89. The summed E-state index contributed by atoms with van der Waals surface area (Å²) in [6.45, 7) is 0. The first-order chi connectivity index (χ1) is 10.5. The number of halogens is 1. The first kappa shape index (κ1) is 14.4. The smallest absolute Gasteiger partial charge is 0.263 e. The molecule has 0 amide bonds. The Morgan fingerprint density at radius 1 is 1.23 bits per heavy atom. The zero-order chi connectivity index (χ0) is 15.7. The summed E-state index contributed by atoms with van der Waals surface area (Å²) in [6, 6.07) is 11.2. The van der Waals surface area contributed by atoms with Crippen LogP contribution in [0.5, 0.6) is 0 Å². The minimum atomic E-state index is -3.95. The maximum absolute atomic E-state index is 12.5. The van der Waals surface area contributed by atoms with Gasteiger partial charge >= 0.3 is 0 Å². The molecule has 0 aliphatic heterocycles. The van der Waals surface area contributed by atoms with Gasteiger partial charge in [0.05, 0.1) is 28.0 Å². The molecule has 3 aromatic rings. The van der Waals surface area contributed by atoms with Gasteiger partial charge in [0.15, 0.2) is 0 Å². The molecule has 0 aliphatic rings. The van der Waals surface area contributed by atoms with Crippen LogP contribution in [0.2, 0.25) is 5.02 Å². The Morgan fingerprint density at radius 2 is 2.00 bits per heavy atom. The Bertz CT molecular complexity index is 1010. The predicted molar refractivity (Wildman–Crippen MR) is 83.1 cm³/mol. The lowest BCUT2D eigenvalue weighted by Crippen LogP contribution is -2.14. The number of nitrogens with one attached hydrogen (secondary N) is 2. The number of nitrogens with zero attached hydrogens (tertiary/aromatic N) is 2. The third-order valence-corrected chi connectivity index (χ3v) is 4.83. The third kappa shape index (κ3) is 2.39. The molecule has 2 N–H and O–H groups in total. The molecule has 0 bridgehead atoms. The van der Waals surface area contributed by atoms with E-state index in [0.29, 0.717) is 16.6 Å². The van der Waals surface area contributed by atoms with E-state index < -0.39 is 10.0 Å². The Labute approximate surface area is 131 Å². The van der Waals surface area contributed by atoms with E-state index in [1.807, 2.05) is 6.07 Å². The Kier molecular flexibility index (Phi) is 3.48. The van der Waals surface area contributed by atoms with E-state index in [0.717, 1.165) is 0 Å². The van der Waals surface area contributed by atoms with Crippen molar-refractivity contribution < 1.29 is 8.42 Å². The lowest BCUT2D eigenvalue weighted by molar-refractivity contribution is 0.601. The molecule has 0 saturated carbocycles. The molecule has 0 spiro atoms. The molecule has 8 heteroatoms. The molecule has 22 heavy (non-hydrogen) atoms. The molecular weight excluding hydrogens is 324 g/mol. The summed E-state index contributed by atoms with van der Waals surface area (Å²) in [6.07, 6.45) is 1.52. The van der Waals surface area contributed by atoms with Gasteiger partial charge in [-0.1, -0.05) is 23.7 Å². The molecule has 0 atom stereocenters. The fourth-order valence-electron chi connectivity index (χ4n) is 2.09. The van der Waals surface area contributed by atoms with Crippen LogP contribution in [-0.4, -0.2) is 18.6 Å². The zero-order valence-corrected chi connectivity index (χ0v) is 12.6. The van der Waals surface area contributed by atoms with Crippen molar-refractivity contribution in [3.8, 4) is 6.07 Å². The van der Waals surface area contributed by atoms with Crippen molar-refractivity contribution in [3.63, 3.8) is 0 Å². The molecule has 0 unspecified atom stereocenters. The van der Waals surface area contributed by atoms with Gasteiger partial charge in [0.1, 0.15) is 11.0 Å². The molecule has 3 rings (SSSR count). The van der Waals surface area contributed by atoms with E-state index in [2.05, 4.69) is 14.9 Å². The SMILES string of the molecule is N#Cc1c(Cl)cccc1S(=O)(=O)Nc1cccc2[nH]ncc12. The third-order valence-electron chi connectivity index (χ3n) is 3.11. The van der Waals surface area contributed by atoms with Gasteiger partial charge in [-0.15, -0.1) is 0 Å². The van der Waals surface area contributed by atoms with Gasteiger partial charge in [-0.25, -0.2) is 8.42 Å². The van der Waals surface area contributed by atoms with E-state index >= 15 is 0 Å². The minimum absolute atomic E-state index is 0.0870. The summed E-state index contributed by atoms with van der Waals surface area (Å²) in [5, 5.41) is 16.5. The van der Waals surface area contributed by atoms with Crippen molar-refractivity contribution in [2.24, 2.45) is 0 Å². The van der Waals surface area contributed by atoms with Crippen LogP contribution in [0.15, 0.2) is 47.5 Å². The normalized spacial score (nSPS) is 11.3. The first-order valence-electron chi connectivity index (χ1n) is 6.16. The molecule has 1 aromatic heterocycles. The van der Waals surface area contributed by atoms with Crippen molar-refractivity contribution in [2.75, 3.05) is 4.72 Å². The van der Waals surface area contributed by atoms with Crippen molar-refractivity contribution in [1.82, 2.24) is 10.2 Å². The van der Waals surface area contributed by atoms with Crippen LogP contribution in [0.3, 0.4) is 0 Å². The summed E-state index contributed by atoms with van der Waals surface area (Å²) in [7, 11) is -3.95. The second-order valence-electron chi connectivity index (χ2n) is 4.47. The second kappa shape index (κ2) is 5.33. The molecule has 110 valence electrons. The highest BCUT2D eigenvalue weighted by atomic mass is 35.5. The number of rotatable bonds is 3. The van der Waals surface area contributed by atoms with Crippen molar-refractivity contribution in [3.05, 3.63) is 53.2 Å². The molecule has 6 nitrogen and oxygen atoms in total. The standard InChI is InChI=1S/C14H9ClN4O2S/c15-11-3-1-6-14(9(11)7-16)22(20,21)19-13-5-2-4-12-10(13)8-17-18-12/h1-6,8,19H,(H,17,18). The summed E-state index contributed by atoms with van der Waals surface area (Å²) in [4.78, 5) is -0.164. The van der Waals surface area contributed by atoms with Crippen molar-refractivity contribution in [1.29, 1.82) is 5.26 Å². The van der Waals surface area contributed by atoms with Crippen LogP contribution >= 0.6 is 11.6 Å². The maximum atomic E-state index is 12.5. The Morgan fingerprint density at radius 3 is 2.77 bits per heavy atom. The Balaban J connectivity index is 2.11. The number of aromatic amines is 1. The number of benzene rings is 2. The lowest BCUT2D eigenvalue weighted by atomic mass is 10.2. The van der Waals surface area contributed by atoms with E-state index in [9.17, 15) is 8.42 Å². The number of fused-ring (bicyclic) bond motifs is 1. The van der Waals surface area contributed by atoms with Crippen LogP contribution in [-0.2, 0) is 10.0 Å². The molecule has 0 fully saturated rings. The van der Waals surface area contributed by atoms with Gasteiger partial charge in [0.2, 0.25) is 0 Å². The highest BCUT2D eigenvalue weighted by molar-refractivity contribution is 7.92. The van der Waals surface area contributed by atoms with Gasteiger partial charge in [-0.3, -0.25) is 9.82 Å². The number of sulfonamides is 1. The molecule has 0 aliphatic carbocycles. The van der Waals surface area contributed by atoms with E-state index in [1.54, 1.807) is 18.2 Å². The van der Waals surface area contributed by atoms with Crippen LogP contribution in [0.25, 0.3) is 10.9 Å². The highest BCUT2D eigenvalue weighted by Gasteiger charge is 2.21. The molecule has 0 saturated heterocycles. The van der Waals surface area contributed by atoms with Crippen LogP contribution in [0.4, 0.5) is 5.69 Å². The monoisotopic (exact) mass is 332 g/mol. The van der Waals surface area contributed by atoms with Crippen LogP contribution < -0.4 is 4.72 Å². The van der Waals surface area contributed by atoms with E-state index in [-0.39, 0.29) is 15.5 Å². The summed E-state index contributed by atoms with van der Waals surface area (Å²) < 4.78 is 27.6. The number of hydrogen-bond acceptors (Lipinski definition) is 4. The van der Waals surface area contributed by atoms with Crippen LogP contribution in [0, 0.1) is 11.3 Å². The maximum Gasteiger partial charge on any atom is 0.263 e. The van der Waals surface area contributed by atoms with Gasteiger partial charge in [-0.05, 0) is 24.3 Å². The van der Waals surface area contributed by atoms with Gasteiger partial charge in [0, 0.05) is 5.39 Å². The highest BCUT2D eigenvalue weighted by Crippen LogP contribution is 2.27. The van der Waals surface area contributed by atoms with Crippen molar-refractivity contribution in [2.45, 2.75) is 4.90 Å². The summed E-state index contributed by atoms with van der Waals surface area (Å²) in [5.41, 5.74) is 0.984. The molecule has 0 radical (unpaired) electrons.